The van der Waals surface area contributed by atoms with Gasteiger partial charge in [-0.05, 0) is 86.3 Å². The Kier molecular flexibility index (Phi) is 10.9. The minimum atomic E-state index is -0.986. The molecule has 0 radical (unpaired) electrons. The van der Waals surface area contributed by atoms with Gasteiger partial charge in [-0.2, -0.15) is 0 Å². The molecule has 4 N–H and O–H groups in total. The van der Waals surface area contributed by atoms with Crippen molar-refractivity contribution < 1.29 is 23.7 Å². The first-order chi connectivity index (χ1) is 20.4. The second-order valence-electron chi connectivity index (χ2n) is 14.0. The predicted octanol–water partition coefficient (Wildman–Crippen LogP) is 4.64. The smallest absolute Gasteiger partial charge is 0.404 e. The van der Waals surface area contributed by atoms with Crippen LogP contribution < -0.4 is 21.3 Å². The molecule has 0 aromatic heterocycles. The third-order valence-corrected chi connectivity index (χ3v) is 10.0. The lowest BCUT2D eigenvalue weighted by molar-refractivity contribution is -0.199. The van der Waals surface area contributed by atoms with E-state index >= 15 is 0 Å². The largest absolute Gasteiger partial charge is 0.481 e. The molecule has 1 aromatic carbocycles. The van der Waals surface area contributed by atoms with Crippen LogP contribution >= 0.6 is 0 Å². The molecule has 4 fully saturated rings. The van der Waals surface area contributed by atoms with Crippen LogP contribution in [0.2, 0.25) is 0 Å². The fourth-order valence-corrected chi connectivity index (χ4v) is 7.25. The highest BCUT2D eigenvalue weighted by atomic mass is 16.7. The summed E-state index contributed by atoms with van der Waals surface area (Å²) in [5.41, 5.74) is 1.46. The van der Waals surface area contributed by atoms with E-state index in [0.717, 1.165) is 38.5 Å². The van der Waals surface area contributed by atoms with Crippen LogP contribution in [0.4, 0.5) is 4.79 Å². The van der Waals surface area contributed by atoms with Gasteiger partial charge in [-0.25, -0.2) is 4.79 Å². The Bertz CT molecular complexity index is 1130. The average Bonchev–Trinajstić information content (AvgIpc) is 3.33. The summed E-state index contributed by atoms with van der Waals surface area (Å²) in [4.78, 5) is 39.4. The van der Waals surface area contributed by atoms with Gasteiger partial charge in [0.15, 0.2) is 0 Å². The van der Waals surface area contributed by atoms with Crippen LogP contribution in [-0.4, -0.2) is 61.7 Å². The van der Waals surface area contributed by atoms with Gasteiger partial charge in [0.2, 0.25) is 5.91 Å². The Morgan fingerprint density at radius 1 is 1.00 bits per heavy atom. The van der Waals surface area contributed by atoms with E-state index in [1.54, 1.807) is 12.1 Å². The molecule has 238 valence electrons. The van der Waals surface area contributed by atoms with E-state index in [0.29, 0.717) is 30.4 Å². The Morgan fingerprint density at radius 3 is 2.35 bits per heavy atom. The molecule has 4 amide bonds. The van der Waals surface area contributed by atoms with Gasteiger partial charge in [0.05, 0.1) is 17.6 Å². The standard InChI is InChI=1S/C33H53BN4O5/c1-8-10-11-22-12-14-23(15-13-22)29(39)37-25(20-36-31(41)35-16-9-2)30(40)38-28(17-21(3)4)34-42-27-19-24-18-26(32(24,5)6)33(27,7)43-34/h12-15,21,24-28H,8-11,16-20H2,1-7H3,(H,37,39)(H,38,40)(H2,35,36,41)/t24-,25+,26-,27-,28+,33+/m1/s1. The van der Waals surface area contributed by atoms with E-state index in [1.165, 1.54) is 5.56 Å². The van der Waals surface area contributed by atoms with E-state index in [-0.39, 0.29) is 41.8 Å². The van der Waals surface area contributed by atoms with E-state index in [9.17, 15) is 14.4 Å². The van der Waals surface area contributed by atoms with Gasteiger partial charge in [-0.3, -0.25) is 9.59 Å². The summed E-state index contributed by atoms with van der Waals surface area (Å²) in [6.07, 6.45) is 6.71. The molecule has 1 heterocycles. The number of unbranched alkanes of at least 4 members (excludes halogenated alkanes) is 1. The van der Waals surface area contributed by atoms with Gasteiger partial charge in [-0.15, -0.1) is 0 Å². The van der Waals surface area contributed by atoms with Crippen LogP contribution in [-0.2, 0) is 20.5 Å². The van der Waals surface area contributed by atoms with Crippen molar-refractivity contribution in [3.63, 3.8) is 0 Å². The number of hydrogen-bond donors (Lipinski definition) is 4. The fourth-order valence-electron chi connectivity index (χ4n) is 7.25. The topological polar surface area (TPSA) is 118 Å². The van der Waals surface area contributed by atoms with Crippen molar-refractivity contribution in [2.24, 2.45) is 23.2 Å². The molecule has 1 saturated heterocycles. The van der Waals surface area contributed by atoms with Crippen molar-refractivity contribution in [1.29, 1.82) is 0 Å². The van der Waals surface area contributed by atoms with Crippen LogP contribution in [0.25, 0.3) is 0 Å². The summed E-state index contributed by atoms with van der Waals surface area (Å²) in [6.45, 7) is 15.6. The van der Waals surface area contributed by atoms with Gasteiger partial charge >= 0.3 is 13.1 Å². The molecule has 0 unspecified atom stereocenters. The number of carbonyl (C=O) groups is 3. The summed E-state index contributed by atoms with van der Waals surface area (Å²) in [5, 5.41) is 11.5. The molecule has 3 aliphatic carbocycles. The van der Waals surface area contributed by atoms with Crippen LogP contribution in [0.5, 0.6) is 0 Å². The van der Waals surface area contributed by atoms with E-state index in [2.05, 4.69) is 62.8 Å². The number of nitrogens with one attached hydrogen (secondary N) is 4. The monoisotopic (exact) mass is 596 g/mol. The van der Waals surface area contributed by atoms with E-state index in [4.69, 9.17) is 9.31 Å². The molecule has 1 aliphatic heterocycles. The zero-order chi connectivity index (χ0) is 31.4. The molecular formula is C33H53BN4O5. The first kappa shape index (κ1) is 33.3. The van der Waals surface area contributed by atoms with Crippen molar-refractivity contribution in [2.45, 2.75) is 117 Å². The molecule has 5 rings (SSSR count). The Morgan fingerprint density at radius 2 is 1.72 bits per heavy atom. The second kappa shape index (κ2) is 14.0. The third-order valence-electron chi connectivity index (χ3n) is 10.0. The number of amides is 4. The van der Waals surface area contributed by atoms with Crippen molar-refractivity contribution >= 4 is 25.0 Å². The zero-order valence-electron chi connectivity index (χ0n) is 27.3. The number of rotatable bonds is 14. The van der Waals surface area contributed by atoms with E-state index < -0.39 is 24.7 Å². The number of hydrogen-bond acceptors (Lipinski definition) is 5. The summed E-state index contributed by atoms with van der Waals surface area (Å²) in [5.74, 6) is 0.159. The molecule has 3 saturated carbocycles. The quantitative estimate of drug-likeness (QED) is 0.234. The lowest BCUT2D eigenvalue weighted by Crippen LogP contribution is -2.65. The molecule has 9 nitrogen and oxygen atoms in total. The fraction of sp³-hybridized carbons (Fsp3) is 0.727. The van der Waals surface area contributed by atoms with Crippen LogP contribution in [0.3, 0.4) is 0 Å². The summed E-state index contributed by atoms with van der Waals surface area (Å²) in [6, 6.07) is 6.11. The Labute approximate surface area is 258 Å². The minimum absolute atomic E-state index is 0.000523. The molecule has 6 atom stereocenters. The van der Waals surface area contributed by atoms with Gasteiger partial charge < -0.3 is 30.6 Å². The molecule has 4 aliphatic rings. The molecule has 1 aromatic rings. The molecule has 43 heavy (non-hydrogen) atoms. The normalized spacial score (nSPS) is 26.6. The Hall–Kier alpha value is -2.59. The second-order valence-corrected chi connectivity index (χ2v) is 14.0. The molecular weight excluding hydrogens is 543 g/mol. The van der Waals surface area contributed by atoms with Crippen molar-refractivity contribution in [1.82, 2.24) is 21.3 Å². The van der Waals surface area contributed by atoms with Crippen molar-refractivity contribution in [2.75, 3.05) is 13.1 Å². The number of carbonyl (C=O) groups excluding carboxylic acids is 3. The predicted molar refractivity (Wildman–Crippen MR) is 169 cm³/mol. The summed E-state index contributed by atoms with van der Waals surface area (Å²) < 4.78 is 13.2. The highest BCUT2D eigenvalue weighted by Crippen LogP contribution is 2.65. The van der Waals surface area contributed by atoms with Gasteiger partial charge in [0.1, 0.15) is 6.04 Å². The van der Waals surface area contributed by atoms with Crippen molar-refractivity contribution in [3.8, 4) is 0 Å². The van der Waals surface area contributed by atoms with E-state index in [1.807, 2.05) is 19.1 Å². The Balaban J connectivity index is 1.47. The number of urea groups is 1. The molecule has 2 bridgehead atoms. The van der Waals surface area contributed by atoms with Crippen LogP contribution in [0.15, 0.2) is 24.3 Å². The first-order valence-electron chi connectivity index (χ1n) is 16.4. The molecule has 0 spiro atoms. The number of benzene rings is 1. The average molecular weight is 597 g/mol. The lowest BCUT2D eigenvalue weighted by atomic mass is 9.43. The highest BCUT2D eigenvalue weighted by Gasteiger charge is 2.68. The highest BCUT2D eigenvalue weighted by molar-refractivity contribution is 6.48. The van der Waals surface area contributed by atoms with Crippen LogP contribution in [0.1, 0.15) is 103 Å². The van der Waals surface area contributed by atoms with Crippen LogP contribution in [0, 0.1) is 23.2 Å². The van der Waals surface area contributed by atoms with Gasteiger partial charge in [0.25, 0.3) is 5.91 Å². The minimum Gasteiger partial charge on any atom is -0.404 e. The third kappa shape index (κ3) is 7.56. The van der Waals surface area contributed by atoms with Gasteiger partial charge in [-0.1, -0.05) is 60.1 Å². The summed E-state index contributed by atoms with van der Waals surface area (Å²) >= 11 is 0. The maximum absolute atomic E-state index is 13.8. The van der Waals surface area contributed by atoms with Crippen molar-refractivity contribution in [3.05, 3.63) is 35.4 Å². The maximum atomic E-state index is 13.8. The number of aryl methyl sites for hydroxylation is 1. The zero-order valence-corrected chi connectivity index (χ0v) is 27.3. The van der Waals surface area contributed by atoms with Gasteiger partial charge in [0, 0.05) is 18.7 Å². The molecule has 10 heteroatoms. The SMILES string of the molecule is CCCCc1ccc(C(=O)N[C@@H](CNC(=O)NCCC)C(=O)N[C@@H](CC(C)C)B2O[C@@H]3C[C@H]4C[C@H](C4(C)C)[C@]3(C)O2)cc1. The summed E-state index contributed by atoms with van der Waals surface area (Å²) in [7, 11) is -0.579. The maximum Gasteiger partial charge on any atom is 0.481 e. The first-order valence-corrected chi connectivity index (χ1v) is 16.4. The lowest BCUT2D eigenvalue weighted by Gasteiger charge is -2.64.